The lowest BCUT2D eigenvalue weighted by Crippen LogP contribution is -2.25. The summed E-state index contributed by atoms with van der Waals surface area (Å²) in [6.45, 7) is 8.36. The van der Waals surface area contributed by atoms with Gasteiger partial charge in [-0.15, -0.1) is 0 Å². The van der Waals surface area contributed by atoms with Crippen LogP contribution in [-0.2, 0) is 12.0 Å². The first-order valence-corrected chi connectivity index (χ1v) is 6.77. The number of rotatable bonds is 2. The van der Waals surface area contributed by atoms with Crippen molar-refractivity contribution in [3.05, 3.63) is 35.7 Å². The maximum atomic E-state index is 9.24. The number of nitrogens with zero attached hydrogens (tertiary/aromatic N) is 3. The Labute approximate surface area is 119 Å². The summed E-state index contributed by atoms with van der Waals surface area (Å²) >= 11 is 0. The van der Waals surface area contributed by atoms with E-state index in [1.165, 1.54) is 0 Å². The summed E-state index contributed by atoms with van der Waals surface area (Å²) in [4.78, 5) is 4.66. The van der Waals surface area contributed by atoms with Crippen molar-refractivity contribution >= 4 is 5.82 Å². The third-order valence-electron chi connectivity index (χ3n) is 3.27. The van der Waals surface area contributed by atoms with Crippen LogP contribution in [0.1, 0.15) is 39.1 Å². The number of nitriles is 1. The van der Waals surface area contributed by atoms with E-state index in [0.717, 1.165) is 17.8 Å². The molecule has 0 saturated carbocycles. The van der Waals surface area contributed by atoms with Crippen molar-refractivity contribution in [1.29, 1.82) is 5.26 Å². The third kappa shape index (κ3) is 2.27. The van der Waals surface area contributed by atoms with Gasteiger partial charge in [0.2, 0.25) is 0 Å². The number of anilines is 1. The molecule has 0 aliphatic heterocycles. The molecule has 0 amide bonds. The molecule has 2 rings (SSSR count). The summed E-state index contributed by atoms with van der Waals surface area (Å²) in [5.74, 6) is 1.56. The third-order valence-corrected chi connectivity index (χ3v) is 3.27. The van der Waals surface area contributed by atoms with Crippen LogP contribution < -0.4 is 5.73 Å². The molecule has 0 saturated heterocycles. The van der Waals surface area contributed by atoms with E-state index >= 15 is 0 Å². The second-order valence-electron chi connectivity index (χ2n) is 5.78. The van der Waals surface area contributed by atoms with Gasteiger partial charge in [-0.3, -0.25) is 0 Å². The first kappa shape index (κ1) is 14.1. The standard InChI is InChI=1S/C16H20N4/c1-5-13-19-14(15(18)20(13)16(2,3)4)12-9-7-6-8-11(12)10-17/h6-9H,5,18H2,1-4H3. The molecule has 0 spiro atoms. The van der Waals surface area contributed by atoms with E-state index < -0.39 is 0 Å². The fraction of sp³-hybridized carbons (Fsp3) is 0.375. The largest absolute Gasteiger partial charge is 0.383 e. The van der Waals surface area contributed by atoms with Gasteiger partial charge in [0.05, 0.1) is 11.6 Å². The normalized spacial score (nSPS) is 11.3. The Morgan fingerprint density at radius 2 is 1.95 bits per heavy atom. The van der Waals surface area contributed by atoms with Crippen LogP contribution in [0.5, 0.6) is 0 Å². The van der Waals surface area contributed by atoms with Crippen LogP contribution >= 0.6 is 0 Å². The predicted octanol–water partition coefficient (Wildman–Crippen LogP) is 3.32. The van der Waals surface area contributed by atoms with Gasteiger partial charge in [0.15, 0.2) is 0 Å². The second kappa shape index (κ2) is 5.01. The van der Waals surface area contributed by atoms with Crippen LogP contribution in [0, 0.1) is 11.3 Å². The molecule has 1 aromatic heterocycles. The minimum Gasteiger partial charge on any atom is -0.383 e. The van der Waals surface area contributed by atoms with Crippen LogP contribution in [0.15, 0.2) is 24.3 Å². The lowest BCUT2D eigenvalue weighted by atomic mass is 10.0. The first-order chi connectivity index (χ1) is 9.40. The number of nitrogens with two attached hydrogens (primary N) is 1. The Bertz CT molecular complexity index is 669. The molecular formula is C16H20N4. The zero-order valence-electron chi connectivity index (χ0n) is 12.4. The number of hydrogen-bond donors (Lipinski definition) is 1. The van der Waals surface area contributed by atoms with Crippen molar-refractivity contribution in [2.75, 3.05) is 5.73 Å². The molecule has 0 radical (unpaired) electrons. The van der Waals surface area contributed by atoms with Crippen molar-refractivity contribution < 1.29 is 0 Å². The number of nitrogen functional groups attached to an aromatic ring is 1. The van der Waals surface area contributed by atoms with Gasteiger partial charge >= 0.3 is 0 Å². The van der Waals surface area contributed by atoms with Crippen molar-refractivity contribution in [1.82, 2.24) is 9.55 Å². The Morgan fingerprint density at radius 3 is 2.45 bits per heavy atom. The highest BCUT2D eigenvalue weighted by molar-refractivity contribution is 5.76. The van der Waals surface area contributed by atoms with E-state index in [4.69, 9.17) is 5.73 Å². The van der Waals surface area contributed by atoms with Crippen LogP contribution in [0.3, 0.4) is 0 Å². The SMILES string of the molecule is CCc1nc(-c2ccccc2C#N)c(N)n1C(C)(C)C. The molecule has 4 nitrogen and oxygen atoms in total. The molecule has 2 N–H and O–H groups in total. The van der Waals surface area contributed by atoms with Crippen LogP contribution in [-0.4, -0.2) is 9.55 Å². The Hall–Kier alpha value is -2.28. The molecule has 1 heterocycles. The van der Waals surface area contributed by atoms with Crippen molar-refractivity contribution in [3.63, 3.8) is 0 Å². The zero-order chi connectivity index (χ0) is 14.9. The molecule has 0 aliphatic rings. The number of hydrogen-bond acceptors (Lipinski definition) is 3. The van der Waals surface area contributed by atoms with Gasteiger partial charge in [-0.2, -0.15) is 5.26 Å². The minimum absolute atomic E-state index is 0.137. The Balaban J connectivity index is 2.72. The maximum Gasteiger partial charge on any atom is 0.132 e. The highest BCUT2D eigenvalue weighted by Crippen LogP contribution is 2.33. The number of aryl methyl sites for hydroxylation is 1. The lowest BCUT2D eigenvalue weighted by Gasteiger charge is -2.24. The summed E-state index contributed by atoms with van der Waals surface area (Å²) in [6.07, 6.45) is 0.802. The molecule has 0 bridgehead atoms. The highest BCUT2D eigenvalue weighted by Gasteiger charge is 2.24. The van der Waals surface area contributed by atoms with Gasteiger partial charge in [0, 0.05) is 17.5 Å². The van der Waals surface area contributed by atoms with E-state index in [1.54, 1.807) is 6.07 Å². The van der Waals surface area contributed by atoms with E-state index in [2.05, 4.69) is 43.3 Å². The number of imidazole rings is 1. The van der Waals surface area contributed by atoms with Gasteiger partial charge in [0.25, 0.3) is 0 Å². The molecule has 2 aromatic rings. The summed E-state index contributed by atoms with van der Waals surface area (Å²) in [7, 11) is 0. The van der Waals surface area contributed by atoms with Crippen molar-refractivity contribution in [2.45, 2.75) is 39.7 Å². The molecule has 104 valence electrons. The van der Waals surface area contributed by atoms with Crippen molar-refractivity contribution in [3.8, 4) is 17.3 Å². The van der Waals surface area contributed by atoms with Crippen molar-refractivity contribution in [2.24, 2.45) is 0 Å². The van der Waals surface area contributed by atoms with Gasteiger partial charge in [-0.1, -0.05) is 25.1 Å². The fourth-order valence-electron chi connectivity index (χ4n) is 2.45. The molecule has 0 aliphatic carbocycles. The zero-order valence-corrected chi connectivity index (χ0v) is 12.4. The van der Waals surface area contributed by atoms with Crippen LogP contribution in [0.2, 0.25) is 0 Å². The van der Waals surface area contributed by atoms with Crippen LogP contribution in [0.4, 0.5) is 5.82 Å². The summed E-state index contributed by atoms with van der Waals surface area (Å²) < 4.78 is 2.05. The molecule has 20 heavy (non-hydrogen) atoms. The highest BCUT2D eigenvalue weighted by atomic mass is 15.2. The predicted molar refractivity (Wildman–Crippen MR) is 81.2 cm³/mol. The van der Waals surface area contributed by atoms with E-state index in [-0.39, 0.29) is 5.54 Å². The van der Waals surface area contributed by atoms with Gasteiger partial charge in [-0.05, 0) is 26.8 Å². The molecule has 0 fully saturated rings. The van der Waals surface area contributed by atoms with Gasteiger partial charge in [-0.25, -0.2) is 4.98 Å². The van der Waals surface area contributed by atoms with Crippen LogP contribution in [0.25, 0.3) is 11.3 Å². The Morgan fingerprint density at radius 1 is 1.30 bits per heavy atom. The number of benzene rings is 1. The summed E-state index contributed by atoms with van der Waals surface area (Å²) in [5.41, 5.74) is 8.27. The van der Waals surface area contributed by atoms with Gasteiger partial charge < -0.3 is 10.3 Å². The van der Waals surface area contributed by atoms with E-state index in [9.17, 15) is 5.26 Å². The molecule has 4 heteroatoms. The number of aromatic nitrogens is 2. The van der Waals surface area contributed by atoms with E-state index in [1.807, 2.05) is 18.2 Å². The summed E-state index contributed by atoms with van der Waals surface area (Å²) in [5, 5.41) is 9.24. The average Bonchev–Trinajstić information content (AvgIpc) is 2.75. The quantitative estimate of drug-likeness (QED) is 0.908. The average molecular weight is 268 g/mol. The second-order valence-corrected chi connectivity index (χ2v) is 5.78. The molecule has 1 aromatic carbocycles. The Kier molecular flexibility index (Phi) is 3.54. The monoisotopic (exact) mass is 268 g/mol. The lowest BCUT2D eigenvalue weighted by molar-refractivity contribution is 0.389. The molecular weight excluding hydrogens is 248 g/mol. The topological polar surface area (TPSA) is 67.6 Å². The van der Waals surface area contributed by atoms with E-state index in [0.29, 0.717) is 17.1 Å². The maximum absolute atomic E-state index is 9.24. The minimum atomic E-state index is -0.137. The van der Waals surface area contributed by atoms with Gasteiger partial charge in [0.1, 0.15) is 17.3 Å². The molecule has 0 atom stereocenters. The summed E-state index contributed by atoms with van der Waals surface area (Å²) in [6, 6.07) is 9.63. The first-order valence-electron chi connectivity index (χ1n) is 6.77. The smallest absolute Gasteiger partial charge is 0.132 e. The molecule has 0 unspecified atom stereocenters. The fourth-order valence-corrected chi connectivity index (χ4v) is 2.45.